The topological polar surface area (TPSA) is 64.4 Å². The van der Waals surface area contributed by atoms with Crippen molar-refractivity contribution in [2.75, 3.05) is 13.1 Å². The van der Waals surface area contributed by atoms with Gasteiger partial charge in [0.1, 0.15) is 11.9 Å². The molecule has 0 radical (unpaired) electrons. The molecule has 118 valence electrons. The molecule has 2 rings (SSSR count). The summed E-state index contributed by atoms with van der Waals surface area (Å²) in [6, 6.07) is 6.34. The van der Waals surface area contributed by atoms with Crippen molar-refractivity contribution in [3.63, 3.8) is 0 Å². The minimum atomic E-state index is -0.385. The lowest BCUT2D eigenvalue weighted by molar-refractivity contribution is -0.131. The van der Waals surface area contributed by atoms with Gasteiger partial charge in [0, 0.05) is 13.1 Å². The molecule has 0 bridgehead atoms. The lowest BCUT2D eigenvalue weighted by atomic mass is 10.0. The number of carbonyl (C=O) groups excluding carboxylic acids is 1. The predicted molar refractivity (Wildman–Crippen MR) is 82.0 cm³/mol. The molecule has 0 aliphatic carbocycles. The summed E-state index contributed by atoms with van der Waals surface area (Å²) >= 11 is 0. The van der Waals surface area contributed by atoms with E-state index in [4.69, 9.17) is 10.5 Å². The Kier molecular flexibility index (Phi) is 7.08. The zero-order chi connectivity index (χ0) is 14.5. The van der Waals surface area contributed by atoms with E-state index in [0.717, 1.165) is 18.4 Å². The van der Waals surface area contributed by atoms with Crippen molar-refractivity contribution in [3.05, 3.63) is 35.6 Å². The molecule has 1 heterocycles. The Morgan fingerprint density at radius 1 is 1.43 bits per heavy atom. The third-order valence-corrected chi connectivity index (χ3v) is 3.68. The Labute approximate surface area is 130 Å². The van der Waals surface area contributed by atoms with Gasteiger partial charge in [-0.3, -0.25) is 4.79 Å². The minimum Gasteiger partial charge on any atom is -0.364 e. The molecule has 0 spiro atoms. The minimum absolute atomic E-state index is 0. The van der Waals surface area contributed by atoms with Crippen LogP contribution in [0.4, 0.5) is 4.39 Å². The first-order valence-electron chi connectivity index (χ1n) is 6.99. The van der Waals surface area contributed by atoms with E-state index < -0.39 is 0 Å². The number of amides is 1. The van der Waals surface area contributed by atoms with Gasteiger partial charge in [-0.25, -0.2) is 4.39 Å². The lowest BCUT2D eigenvalue weighted by Gasteiger charge is -2.16. The van der Waals surface area contributed by atoms with Crippen LogP contribution in [-0.4, -0.2) is 31.2 Å². The first-order valence-corrected chi connectivity index (χ1v) is 6.99. The standard InChI is InChI=1S/C15H21FN2O2.ClH/c1-10(11-2-4-12(16)5-3-11)9-18-15(19)14-7-6-13(8-17)20-14;/h2-5,10,13-14H,6-9,17H2,1H3,(H,18,19);1H/t10?,13-,14+;/m1./s1. The fraction of sp³-hybridized carbons (Fsp3) is 0.533. The summed E-state index contributed by atoms with van der Waals surface area (Å²) in [4.78, 5) is 12.0. The van der Waals surface area contributed by atoms with Crippen LogP contribution in [-0.2, 0) is 9.53 Å². The average Bonchev–Trinajstić information content (AvgIpc) is 2.94. The van der Waals surface area contributed by atoms with Gasteiger partial charge in [0.15, 0.2) is 0 Å². The number of halogens is 2. The first kappa shape index (κ1) is 17.9. The Morgan fingerprint density at radius 3 is 2.67 bits per heavy atom. The summed E-state index contributed by atoms with van der Waals surface area (Å²) in [7, 11) is 0. The van der Waals surface area contributed by atoms with E-state index in [2.05, 4.69) is 5.32 Å². The average molecular weight is 317 g/mol. The van der Waals surface area contributed by atoms with Gasteiger partial charge in [-0.15, -0.1) is 12.4 Å². The number of benzene rings is 1. The highest BCUT2D eigenvalue weighted by Gasteiger charge is 2.29. The SMILES string of the molecule is CC(CNC(=O)[C@@H]1CC[C@H](CN)O1)c1ccc(F)cc1.Cl. The Morgan fingerprint density at radius 2 is 2.10 bits per heavy atom. The van der Waals surface area contributed by atoms with E-state index >= 15 is 0 Å². The first-order chi connectivity index (χ1) is 9.60. The molecule has 4 nitrogen and oxygen atoms in total. The molecule has 3 atom stereocenters. The van der Waals surface area contributed by atoms with E-state index in [0.29, 0.717) is 13.1 Å². The quantitative estimate of drug-likeness (QED) is 0.873. The zero-order valence-corrected chi connectivity index (χ0v) is 12.9. The van der Waals surface area contributed by atoms with Crippen LogP contribution in [0.15, 0.2) is 24.3 Å². The van der Waals surface area contributed by atoms with Crippen LogP contribution < -0.4 is 11.1 Å². The molecule has 1 saturated heterocycles. The van der Waals surface area contributed by atoms with Crippen molar-refractivity contribution in [2.24, 2.45) is 5.73 Å². The van der Waals surface area contributed by atoms with Crippen molar-refractivity contribution in [3.8, 4) is 0 Å². The van der Waals surface area contributed by atoms with Gasteiger partial charge in [-0.1, -0.05) is 19.1 Å². The Bertz CT molecular complexity index is 455. The van der Waals surface area contributed by atoms with Crippen LogP contribution in [0.5, 0.6) is 0 Å². The molecular weight excluding hydrogens is 295 g/mol. The highest BCUT2D eigenvalue weighted by molar-refractivity contribution is 5.85. The third-order valence-electron chi connectivity index (χ3n) is 3.68. The van der Waals surface area contributed by atoms with Crippen molar-refractivity contribution >= 4 is 18.3 Å². The maximum atomic E-state index is 12.8. The molecule has 0 aromatic heterocycles. The number of carbonyl (C=O) groups is 1. The molecule has 1 fully saturated rings. The highest BCUT2D eigenvalue weighted by atomic mass is 35.5. The second-order valence-corrected chi connectivity index (χ2v) is 5.26. The van der Waals surface area contributed by atoms with Crippen molar-refractivity contribution < 1.29 is 13.9 Å². The summed E-state index contributed by atoms with van der Waals surface area (Å²) in [5.41, 5.74) is 6.52. The number of rotatable bonds is 5. The van der Waals surface area contributed by atoms with Crippen molar-refractivity contribution in [1.82, 2.24) is 5.32 Å². The third kappa shape index (κ3) is 4.95. The van der Waals surface area contributed by atoms with Gasteiger partial charge < -0.3 is 15.8 Å². The summed E-state index contributed by atoms with van der Waals surface area (Å²) in [6.07, 6.45) is 1.17. The molecule has 1 unspecified atom stereocenters. The normalized spacial score (nSPS) is 22.4. The van der Waals surface area contributed by atoms with E-state index in [1.165, 1.54) is 12.1 Å². The fourth-order valence-corrected chi connectivity index (χ4v) is 2.35. The molecule has 1 aromatic carbocycles. The molecule has 21 heavy (non-hydrogen) atoms. The maximum absolute atomic E-state index is 12.8. The smallest absolute Gasteiger partial charge is 0.249 e. The van der Waals surface area contributed by atoms with Gasteiger partial charge in [0.05, 0.1) is 6.10 Å². The molecule has 6 heteroatoms. The Balaban J connectivity index is 0.00000220. The number of ether oxygens (including phenoxy) is 1. The number of hydrogen-bond donors (Lipinski definition) is 2. The summed E-state index contributed by atoms with van der Waals surface area (Å²) < 4.78 is 18.4. The van der Waals surface area contributed by atoms with Crippen LogP contribution in [0.3, 0.4) is 0 Å². The molecule has 1 aliphatic heterocycles. The van der Waals surface area contributed by atoms with Gasteiger partial charge in [-0.2, -0.15) is 0 Å². The van der Waals surface area contributed by atoms with Crippen molar-refractivity contribution in [1.29, 1.82) is 0 Å². The van der Waals surface area contributed by atoms with Gasteiger partial charge in [0.2, 0.25) is 5.91 Å². The molecular formula is C15H22ClFN2O2. The Hall–Kier alpha value is -1.17. The number of hydrogen-bond acceptors (Lipinski definition) is 3. The van der Waals surface area contributed by atoms with Crippen LogP contribution >= 0.6 is 12.4 Å². The van der Waals surface area contributed by atoms with E-state index in [1.54, 1.807) is 12.1 Å². The lowest BCUT2D eigenvalue weighted by Crippen LogP contribution is -2.37. The van der Waals surface area contributed by atoms with Crippen LogP contribution in [0.2, 0.25) is 0 Å². The second-order valence-electron chi connectivity index (χ2n) is 5.26. The number of nitrogens with two attached hydrogens (primary N) is 1. The zero-order valence-electron chi connectivity index (χ0n) is 12.0. The molecule has 1 amide bonds. The molecule has 3 N–H and O–H groups in total. The fourth-order valence-electron chi connectivity index (χ4n) is 2.35. The van der Waals surface area contributed by atoms with E-state index in [1.807, 2.05) is 6.92 Å². The van der Waals surface area contributed by atoms with E-state index in [-0.39, 0.29) is 42.3 Å². The summed E-state index contributed by atoms with van der Waals surface area (Å²) in [6.45, 7) is 2.96. The predicted octanol–water partition coefficient (Wildman–Crippen LogP) is 1.97. The largest absolute Gasteiger partial charge is 0.364 e. The van der Waals surface area contributed by atoms with Crippen LogP contribution in [0.1, 0.15) is 31.2 Å². The second kappa shape index (κ2) is 8.32. The summed E-state index contributed by atoms with van der Waals surface area (Å²) in [5.74, 6) is -0.210. The van der Waals surface area contributed by atoms with Crippen LogP contribution in [0.25, 0.3) is 0 Å². The monoisotopic (exact) mass is 316 g/mol. The highest BCUT2D eigenvalue weighted by Crippen LogP contribution is 2.19. The summed E-state index contributed by atoms with van der Waals surface area (Å²) in [5, 5.41) is 2.88. The van der Waals surface area contributed by atoms with E-state index in [9.17, 15) is 9.18 Å². The molecule has 1 aromatic rings. The maximum Gasteiger partial charge on any atom is 0.249 e. The van der Waals surface area contributed by atoms with Gasteiger partial charge >= 0.3 is 0 Å². The van der Waals surface area contributed by atoms with Crippen molar-refractivity contribution in [2.45, 2.75) is 37.9 Å². The number of nitrogens with one attached hydrogen (secondary N) is 1. The molecule has 0 saturated carbocycles. The molecule has 1 aliphatic rings. The van der Waals surface area contributed by atoms with Gasteiger partial charge in [-0.05, 0) is 36.5 Å². The van der Waals surface area contributed by atoms with Crippen LogP contribution in [0, 0.1) is 5.82 Å². The van der Waals surface area contributed by atoms with Gasteiger partial charge in [0.25, 0.3) is 0 Å².